The number of nitrogens with one attached hydrogen (secondary N) is 1. The summed E-state index contributed by atoms with van der Waals surface area (Å²) < 4.78 is 42.5. The molecule has 55 heavy (non-hydrogen) atoms. The van der Waals surface area contributed by atoms with Crippen LogP contribution in [-0.4, -0.2) is 112 Å². The van der Waals surface area contributed by atoms with Crippen LogP contribution in [0.15, 0.2) is 48.7 Å². The number of carbonyl (C=O) groups is 2. The van der Waals surface area contributed by atoms with E-state index in [0.717, 1.165) is 22.0 Å². The number of esters is 1. The monoisotopic (exact) mass is 763 g/mol. The van der Waals surface area contributed by atoms with Crippen molar-refractivity contribution >= 4 is 22.8 Å². The lowest BCUT2D eigenvalue weighted by atomic mass is 9.79. The third-order valence-electron chi connectivity index (χ3n) is 10.8. The van der Waals surface area contributed by atoms with Crippen molar-refractivity contribution in [2.24, 2.45) is 11.5 Å². The fourth-order valence-corrected chi connectivity index (χ4v) is 8.19. The number of H-pyrrole nitrogens is 1. The van der Waals surface area contributed by atoms with Crippen LogP contribution in [0.1, 0.15) is 41.6 Å². The van der Waals surface area contributed by atoms with Gasteiger partial charge in [0.15, 0.2) is 23.2 Å². The molecule has 8 rings (SSSR count). The average molecular weight is 764 g/mol. The molecule has 0 aliphatic carbocycles. The Kier molecular flexibility index (Phi) is 9.49. The summed E-state index contributed by atoms with van der Waals surface area (Å²) in [5, 5.41) is 54.4. The van der Waals surface area contributed by atoms with Gasteiger partial charge >= 0.3 is 11.9 Å². The zero-order valence-electron chi connectivity index (χ0n) is 29.5. The number of aliphatic carboxylic acids is 1. The predicted molar refractivity (Wildman–Crippen MR) is 190 cm³/mol. The Bertz CT molecular complexity index is 2140. The molecule has 0 bridgehead atoms. The number of nitrogens with two attached hydrogens (primary N) is 2. The summed E-state index contributed by atoms with van der Waals surface area (Å²) >= 11 is 0. The first-order valence-electron chi connectivity index (χ1n) is 17.8. The average Bonchev–Trinajstić information content (AvgIpc) is 3.73. The van der Waals surface area contributed by atoms with E-state index in [4.69, 9.17) is 49.7 Å². The van der Waals surface area contributed by atoms with Gasteiger partial charge in [0.25, 0.3) is 0 Å². The second-order valence-corrected chi connectivity index (χ2v) is 14.0. The van der Waals surface area contributed by atoms with Gasteiger partial charge in [-0.2, -0.15) is 0 Å². The van der Waals surface area contributed by atoms with Crippen molar-refractivity contribution in [2.45, 2.75) is 73.8 Å². The highest BCUT2D eigenvalue weighted by molar-refractivity contribution is 5.98. The Balaban J connectivity index is 1.24. The maximum absolute atomic E-state index is 12.3. The zero-order valence-corrected chi connectivity index (χ0v) is 29.5. The van der Waals surface area contributed by atoms with Gasteiger partial charge in [-0.25, -0.2) is 0 Å². The maximum Gasteiger partial charge on any atom is 0.317 e. The van der Waals surface area contributed by atoms with E-state index in [2.05, 4.69) is 4.98 Å². The van der Waals surface area contributed by atoms with Gasteiger partial charge in [0.1, 0.15) is 48.9 Å². The third-order valence-corrected chi connectivity index (χ3v) is 10.8. The normalized spacial score (nSPS) is 26.8. The summed E-state index contributed by atoms with van der Waals surface area (Å²) in [5.74, 6) is -1.06. The van der Waals surface area contributed by atoms with E-state index in [9.17, 15) is 30.0 Å². The van der Waals surface area contributed by atoms with Gasteiger partial charge in [-0.1, -0.05) is 24.3 Å². The van der Waals surface area contributed by atoms with E-state index in [0.29, 0.717) is 39.7 Å². The van der Waals surface area contributed by atoms with Crippen LogP contribution in [0.2, 0.25) is 0 Å². The maximum atomic E-state index is 12.3. The minimum absolute atomic E-state index is 0.0142. The summed E-state index contributed by atoms with van der Waals surface area (Å²) in [6.07, 6.45) is -10.0. The van der Waals surface area contributed by atoms with E-state index in [1.54, 1.807) is 12.1 Å². The SMILES string of the molecule is COc1ccc2c(c1OCCO)OC1c3c(cc4c(c3-c3c[nH]c5ccccc35)CCC3(O)C(O4)OC(C(OC(=O)CC(=O)O)C(N)N)C(O)C3O)OCC21. The highest BCUT2D eigenvalue weighted by Crippen LogP contribution is 2.60. The molecule has 292 valence electrons. The predicted octanol–water partition coefficient (Wildman–Crippen LogP) is 0.957. The molecule has 1 aromatic heterocycles. The number of aromatic nitrogens is 1. The molecular formula is C38H41N3O14. The van der Waals surface area contributed by atoms with Crippen molar-refractivity contribution in [3.8, 4) is 39.9 Å². The Labute approximate surface area is 313 Å². The molecular weight excluding hydrogens is 722 g/mol. The molecule has 5 heterocycles. The van der Waals surface area contributed by atoms with Gasteiger partial charge in [-0.15, -0.1) is 0 Å². The zero-order chi connectivity index (χ0) is 38.8. The Morgan fingerprint density at radius 2 is 1.91 bits per heavy atom. The number of aliphatic hydroxyl groups is 4. The van der Waals surface area contributed by atoms with Crippen molar-refractivity contribution in [2.75, 3.05) is 26.9 Å². The standard InChI is InChI=1S/C38H41N3O14/c1-49-22-7-6-17-20-15-51-24-12-23-18(8-9-38(48)35(47)29(46)33(55-37(38)52-23)34(36(39)40)53-26(45)13-25(43)44)27(19-14-41-21-5-3-2-4-16(19)21)28(24)30(20)54-31(17)32(22)50-11-10-42/h2-7,12,14,20,29-30,33-37,41-42,46-48H,8-11,13,15,39-40H2,1H3,(H,43,44). The lowest BCUT2D eigenvalue weighted by Crippen LogP contribution is -2.71. The number of hydrogen-bond donors (Lipinski definition) is 8. The number of methoxy groups -OCH3 is 1. The second kappa shape index (κ2) is 14.2. The molecule has 4 aromatic rings. The Morgan fingerprint density at radius 3 is 2.65 bits per heavy atom. The van der Waals surface area contributed by atoms with Crippen LogP contribution in [-0.2, 0) is 25.5 Å². The van der Waals surface area contributed by atoms with Gasteiger partial charge in [0.05, 0.1) is 32.4 Å². The van der Waals surface area contributed by atoms with Crippen molar-refractivity contribution in [1.82, 2.24) is 4.98 Å². The number of ether oxygens (including phenoxy) is 7. The molecule has 1 saturated heterocycles. The van der Waals surface area contributed by atoms with E-state index < -0.39 is 66.9 Å². The summed E-state index contributed by atoms with van der Waals surface area (Å²) in [6.45, 7) is -0.000953. The number of hydrogen-bond acceptors (Lipinski definition) is 15. The van der Waals surface area contributed by atoms with Crippen LogP contribution in [0.4, 0.5) is 0 Å². The molecule has 8 atom stereocenters. The topological polar surface area (TPSA) is 268 Å². The van der Waals surface area contributed by atoms with Crippen LogP contribution in [0.5, 0.6) is 28.7 Å². The summed E-state index contributed by atoms with van der Waals surface area (Å²) in [6, 6.07) is 13.1. The molecule has 0 spiro atoms. The van der Waals surface area contributed by atoms with Crippen molar-refractivity contribution in [1.29, 1.82) is 0 Å². The smallest absolute Gasteiger partial charge is 0.317 e. The number of aromatic amines is 1. The van der Waals surface area contributed by atoms with Crippen LogP contribution in [0.25, 0.3) is 22.0 Å². The fourth-order valence-electron chi connectivity index (χ4n) is 8.19. The van der Waals surface area contributed by atoms with Crippen LogP contribution >= 0.6 is 0 Å². The largest absolute Gasteiger partial charge is 0.493 e. The molecule has 0 saturated carbocycles. The number of carboxylic acids is 1. The van der Waals surface area contributed by atoms with E-state index in [1.165, 1.54) is 7.11 Å². The molecule has 17 heteroatoms. The minimum Gasteiger partial charge on any atom is -0.493 e. The Hall–Kier alpha value is -5.14. The molecule has 17 nitrogen and oxygen atoms in total. The number of fused-ring (bicyclic) bond motifs is 8. The molecule has 1 fully saturated rings. The molecule has 0 amide bonds. The van der Waals surface area contributed by atoms with Gasteiger partial charge in [-0.3, -0.25) is 9.59 Å². The fraction of sp³-hybridized carbons (Fsp3) is 0.421. The lowest BCUT2D eigenvalue weighted by Gasteiger charge is -2.48. The van der Waals surface area contributed by atoms with Crippen molar-refractivity contribution in [3.05, 3.63) is 65.4 Å². The quantitative estimate of drug-likeness (QED) is 0.0635. The van der Waals surface area contributed by atoms with Crippen molar-refractivity contribution < 1.29 is 68.3 Å². The molecule has 0 radical (unpaired) electrons. The second-order valence-electron chi connectivity index (χ2n) is 14.0. The number of carbonyl (C=O) groups excluding carboxylic acids is 1. The first-order valence-corrected chi connectivity index (χ1v) is 17.8. The summed E-state index contributed by atoms with van der Waals surface area (Å²) in [7, 11) is 1.52. The molecule has 10 N–H and O–H groups in total. The molecule has 4 aliphatic rings. The molecule has 4 aliphatic heterocycles. The first kappa shape index (κ1) is 36.8. The number of para-hydroxylation sites is 1. The third kappa shape index (κ3) is 6.08. The van der Waals surface area contributed by atoms with Crippen LogP contribution in [0, 0.1) is 0 Å². The van der Waals surface area contributed by atoms with E-state index in [-0.39, 0.29) is 44.3 Å². The number of rotatable bonds is 10. The number of carboxylic acid groups (broad SMARTS) is 1. The minimum atomic E-state index is -2.21. The summed E-state index contributed by atoms with van der Waals surface area (Å²) in [4.78, 5) is 26.8. The van der Waals surface area contributed by atoms with Gasteiger partial charge in [-0.05, 0) is 25.0 Å². The van der Waals surface area contributed by atoms with Crippen molar-refractivity contribution in [3.63, 3.8) is 0 Å². The van der Waals surface area contributed by atoms with Gasteiger partial charge in [0.2, 0.25) is 12.0 Å². The van der Waals surface area contributed by atoms with E-state index >= 15 is 0 Å². The highest BCUT2D eigenvalue weighted by Gasteiger charge is 2.60. The first-order chi connectivity index (χ1) is 26.4. The summed E-state index contributed by atoms with van der Waals surface area (Å²) in [5.41, 5.74) is 14.1. The number of benzene rings is 3. The van der Waals surface area contributed by atoms with Gasteiger partial charge in [0, 0.05) is 51.0 Å². The molecule has 8 unspecified atom stereocenters. The lowest BCUT2D eigenvalue weighted by molar-refractivity contribution is -0.329. The van der Waals surface area contributed by atoms with E-state index in [1.807, 2.05) is 36.5 Å². The Morgan fingerprint density at radius 1 is 1.11 bits per heavy atom. The number of aliphatic hydroxyl groups excluding tert-OH is 3. The van der Waals surface area contributed by atoms with Gasteiger partial charge < -0.3 is 75.1 Å². The molecule has 3 aromatic carbocycles. The van der Waals surface area contributed by atoms with Crippen LogP contribution in [0.3, 0.4) is 0 Å². The highest BCUT2D eigenvalue weighted by atomic mass is 16.7. The van der Waals surface area contributed by atoms with Crippen LogP contribution < -0.4 is 35.2 Å².